The third kappa shape index (κ3) is 4.81. The lowest BCUT2D eigenvalue weighted by molar-refractivity contribution is 0.687. The van der Waals surface area contributed by atoms with E-state index in [1.165, 1.54) is 11.1 Å². The minimum atomic E-state index is 0. The van der Waals surface area contributed by atoms with Gasteiger partial charge in [-0.15, -0.1) is 0 Å². The lowest BCUT2D eigenvalue weighted by atomic mass is 10.1. The highest BCUT2D eigenvalue weighted by atomic mass is 14.8. The molecule has 0 aliphatic rings. The molecule has 0 unspecified atom stereocenters. The predicted octanol–water partition coefficient (Wildman–Crippen LogP) is 3.18. The van der Waals surface area contributed by atoms with Crippen LogP contribution in [-0.4, -0.2) is 6.54 Å². The quantitative estimate of drug-likeness (QED) is 0.772. The van der Waals surface area contributed by atoms with Gasteiger partial charge in [0.05, 0.1) is 0 Å². The number of hydrogen-bond donors (Lipinski definition) is 2. The van der Waals surface area contributed by atoms with Gasteiger partial charge in [-0.1, -0.05) is 60.7 Å². The monoisotopic (exact) mass is 228 g/mol. The average molecular weight is 228 g/mol. The highest BCUT2D eigenvalue weighted by Crippen LogP contribution is 2.00. The van der Waals surface area contributed by atoms with Gasteiger partial charge in [0.2, 0.25) is 0 Å². The minimum Gasteiger partial charge on any atom is -0.344 e. The van der Waals surface area contributed by atoms with Crippen LogP contribution in [0.25, 0.3) is 0 Å². The predicted molar refractivity (Wildman–Crippen MR) is 73.3 cm³/mol. The molecule has 4 N–H and O–H groups in total. The van der Waals surface area contributed by atoms with Gasteiger partial charge in [0.1, 0.15) is 0 Å². The highest BCUT2D eigenvalue weighted by Gasteiger charge is 1.92. The number of nitrogens with one attached hydrogen (secondary N) is 1. The molecule has 0 aliphatic heterocycles. The Balaban J connectivity index is 0.00000144. The van der Waals surface area contributed by atoms with Crippen LogP contribution in [0.4, 0.5) is 0 Å². The van der Waals surface area contributed by atoms with Crippen LogP contribution in [0.15, 0.2) is 60.7 Å². The van der Waals surface area contributed by atoms with Crippen molar-refractivity contribution in [2.75, 3.05) is 6.54 Å². The van der Waals surface area contributed by atoms with E-state index in [0.29, 0.717) is 0 Å². The summed E-state index contributed by atoms with van der Waals surface area (Å²) in [6.07, 6.45) is 1.09. The Morgan fingerprint density at radius 1 is 0.706 bits per heavy atom. The maximum Gasteiger partial charge on any atom is 0.0205 e. The van der Waals surface area contributed by atoms with Gasteiger partial charge in [-0.05, 0) is 24.1 Å². The van der Waals surface area contributed by atoms with E-state index in [0.717, 1.165) is 19.5 Å². The molecule has 0 saturated heterocycles. The topological polar surface area (TPSA) is 47.0 Å². The first-order chi connectivity index (χ1) is 7.95. The van der Waals surface area contributed by atoms with Gasteiger partial charge in [-0.25, -0.2) is 0 Å². The standard InChI is InChI=1S/C15H17N.H3N/c1-3-7-14(8-4-1)11-12-16-13-15-9-5-2-6-10-15;/h1-10,16H,11-13H2;1H3. The van der Waals surface area contributed by atoms with E-state index in [1.807, 2.05) is 6.07 Å². The van der Waals surface area contributed by atoms with Gasteiger partial charge in [-0.2, -0.15) is 0 Å². The maximum absolute atomic E-state index is 3.45. The summed E-state index contributed by atoms with van der Waals surface area (Å²) in [4.78, 5) is 0. The molecule has 0 saturated carbocycles. The van der Waals surface area contributed by atoms with Crippen LogP contribution >= 0.6 is 0 Å². The molecular formula is C15H20N2. The highest BCUT2D eigenvalue weighted by molar-refractivity contribution is 5.16. The molecule has 17 heavy (non-hydrogen) atoms. The molecule has 0 radical (unpaired) electrons. The molecule has 0 heterocycles. The number of rotatable bonds is 5. The van der Waals surface area contributed by atoms with Crippen LogP contribution in [0.3, 0.4) is 0 Å². The van der Waals surface area contributed by atoms with Gasteiger partial charge in [0, 0.05) is 6.54 Å². The SMILES string of the molecule is N.c1ccc(CCNCc2ccccc2)cc1. The summed E-state index contributed by atoms with van der Waals surface area (Å²) in [6.45, 7) is 1.98. The van der Waals surface area contributed by atoms with Gasteiger partial charge >= 0.3 is 0 Å². The summed E-state index contributed by atoms with van der Waals surface area (Å²) in [5.74, 6) is 0. The van der Waals surface area contributed by atoms with Crippen molar-refractivity contribution in [1.29, 1.82) is 0 Å². The summed E-state index contributed by atoms with van der Waals surface area (Å²) in [7, 11) is 0. The molecule has 0 spiro atoms. The van der Waals surface area contributed by atoms with Crippen LogP contribution in [0.5, 0.6) is 0 Å². The van der Waals surface area contributed by atoms with Crippen LogP contribution in [0, 0.1) is 0 Å². The van der Waals surface area contributed by atoms with Crippen molar-refractivity contribution >= 4 is 0 Å². The third-order valence-corrected chi connectivity index (χ3v) is 2.61. The largest absolute Gasteiger partial charge is 0.344 e. The Labute approximate surface area is 103 Å². The molecule has 2 rings (SSSR count). The van der Waals surface area contributed by atoms with E-state index in [4.69, 9.17) is 0 Å². The Morgan fingerprint density at radius 2 is 1.24 bits per heavy atom. The maximum atomic E-state index is 3.45. The van der Waals surface area contributed by atoms with E-state index in [9.17, 15) is 0 Å². The van der Waals surface area contributed by atoms with Gasteiger partial charge in [0.15, 0.2) is 0 Å². The van der Waals surface area contributed by atoms with Crippen molar-refractivity contribution in [1.82, 2.24) is 11.5 Å². The van der Waals surface area contributed by atoms with Crippen molar-refractivity contribution in [3.8, 4) is 0 Å². The normalized spacial score (nSPS) is 9.65. The Kier molecular flexibility index (Phi) is 6.00. The summed E-state index contributed by atoms with van der Waals surface area (Å²) in [5.41, 5.74) is 2.73. The van der Waals surface area contributed by atoms with E-state index in [-0.39, 0.29) is 6.15 Å². The second-order valence-electron chi connectivity index (χ2n) is 3.90. The average Bonchev–Trinajstić information content (AvgIpc) is 2.37. The summed E-state index contributed by atoms with van der Waals surface area (Å²) < 4.78 is 0. The Hall–Kier alpha value is -1.64. The lowest BCUT2D eigenvalue weighted by Gasteiger charge is -2.04. The first-order valence-corrected chi connectivity index (χ1v) is 5.74. The summed E-state index contributed by atoms with van der Waals surface area (Å²) in [5, 5.41) is 3.45. The van der Waals surface area contributed by atoms with Crippen molar-refractivity contribution < 1.29 is 0 Å². The first kappa shape index (κ1) is 13.4. The van der Waals surface area contributed by atoms with Crippen LogP contribution in [0.1, 0.15) is 11.1 Å². The fraction of sp³-hybridized carbons (Fsp3) is 0.200. The smallest absolute Gasteiger partial charge is 0.0205 e. The molecule has 2 aromatic carbocycles. The molecule has 2 aromatic rings. The molecule has 0 aliphatic carbocycles. The van der Waals surface area contributed by atoms with Crippen molar-refractivity contribution in [2.24, 2.45) is 0 Å². The fourth-order valence-electron chi connectivity index (χ4n) is 1.71. The molecule has 0 fully saturated rings. The summed E-state index contributed by atoms with van der Waals surface area (Å²) in [6, 6.07) is 21.1. The van der Waals surface area contributed by atoms with Crippen molar-refractivity contribution in [3.05, 3.63) is 71.8 Å². The van der Waals surface area contributed by atoms with E-state index >= 15 is 0 Å². The summed E-state index contributed by atoms with van der Waals surface area (Å²) >= 11 is 0. The zero-order valence-corrected chi connectivity index (χ0v) is 10.1. The Bertz CT molecular complexity index is 356. The fourth-order valence-corrected chi connectivity index (χ4v) is 1.71. The van der Waals surface area contributed by atoms with Crippen LogP contribution < -0.4 is 11.5 Å². The van der Waals surface area contributed by atoms with E-state index < -0.39 is 0 Å². The third-order valence-electron chi connectivity index (χ3n) is 2.61. The minimum absolute atomic E-state index is 0. The molecule has 0 bridgehead atoms. The molecule has 0 aromatic heterocycles. The zero-order chi connectivity index (χ0) is 11.1. The first-order valence-electron chi connectivity index (χ1n) is 5.74. The zero-order valence-electron chi connectivity index (χ0n) is 10.1. The molecule has 90 valence electrons. The lowest BCUT2D eigenvalue weighted by Crippen LogP contribution is -2.16. The van der Waals surface area contributed by atoms with Crippen molar-refractivity contribution in [2.45, 2.75) is 13.0 Å². The molecular weight excluding hydrogens is 208 g/mol. The van der Waals surface area contributed by atoms with Crippen LogP contribution in [-0.2, 0) is 13.0 Å². The molecule has 2 heteroatoms. The Morgan fingerprint density at radius 3 is 1.82 bits per heavy atom. The second kappa shape index (κ2) is 7.60. The number of benzene rings is 2. The molecule has 2 nitrogen and oxygen atoms in total. The van der Waals surface area contributed by atoms with Gasteiger partial charge < -0.3 is 11.5 Å². The van der Waals surface area contributed by atoms with Gasteiger partial charge in [-0.3, -0.25) is 0 Å². The second-order valence-corrected chi connectivity index (χ2v) is 3.90. The van der Waals surface area contributed by atoms with E-state index in [1.54, 1.807) is 0 Å². The van der Waals surface area contributed by atoms with Crippen molar-refractivity contribution in [3.63, 3.8) is 0 Å². The van der Waals surface area contributed by atoms with E-state index in [2.05, 4.69) is 59.9 Å². The molecule has 0 atom stereocenters. The number of hydrogen-bond acceptors (Lipinski definition) is 2. The van der Waals surface area contributed by atoms with Crippen LogP contribution in [0.2, 0.25) is 0 Å². The van der Waals surface area contributed by atoms with Gasteiger partial charge in [0.25, 0.3) is 0 Å². The molecule has 0 amide bonds.